The number of aliphatic imine (C=N–C) groups is 1. The van der Waals surface area contributed by atoms with Gasteiger partial charge in [-0.15, -0.1) is 0 Å². The number of aromatic nitrogens is 3. The monoisotopic (exact) mass is 565 g/mol. The van der Waals surface area contributed by atoms with E-state index < -0.39 is 10.1 Å². The third-order valence-corrected chi connectivity index (χ3v) is 9.94. The fraction of sp³-hybridized carbons (Fsp3) is 0.429. The van der Waals surface area contributed by atoms with Crippen molar-refractivity contribution in [3.8, 4) is 17.1 Å². The number of guanidine groups is 1. The Morgan fingerprint density at radius 3 is 2.80 bits per heavy atom. The molecule has 0 spiro atoms. The Bertz CT molecular complexity index is 1520. The molecule has 1 fully saturated rings. The van der Waals surface area contributed by atoms with Crippen LogP contribution in [0, 0.1) is 12.8 Å². The number of benzene rings is 1. The summed E-state index contributed by atoms with van der Waals surface area (Å²) in [5, 5.41) is 7.71. The Morgan fingerprint density at radius 1 is 1.15 bits per heavy atom. The number of nitrogens with zero attached hydrogens (tertiary/aromatic N) is 5. The van der Waals surface area contributed by atoms with E-state index in [1.807, 2.05) is 32.2 Å². The minimum atomic E-state index is -2.55. The van der Waals surface area contributed by atoms with Crippen LogP contribution < -0.4 is 19.7 Å². The van der Waals surface area contributed by atoms with Crippen molar-refractivity contribution in [2.24, 2.45) is 18.0 Å². The highest BCUT2D eigenvalue weighted by Crippen LogP contribution is 2.37. The highest BCUT2D eigenvalue weighted by atomic mass is 32.3. The number of hydrogen-bond donors (Lipinski definition) is 3. The average Bonchev–Trinajstić information content (AvgIpc) is 3.45. The fourth-order valence-electron chi connectivity index (χ4n) is 5.36. The minimum Gasteiger partial charge on any atom is -0.477 e. The number of aryl methyl sites for hydroxylation is 2. The molecule has 2 aromatic heterocycles. The van der Waals surface area contributed by atoms with Gasteiger partial charge in [0.15, 0.2) is 0 Å². The zero-order chi connectivity index (χ0) is 27.9. The maximum absolute atomic E-state index is 13.5. The first-order chi connectivity index (χ1) is 19.3. The van der Waals surface area contributed by atoms with E-state index in [9.17, 15) is 9.00 Å². The first kappa shape index (κ1) is 26.5. The summed E-state index contributed by atoms with van der Waals surface area (Å²) in [4.78, 5) is 24.8. The molecule has 1 saturated heterocycles. The van der Waals surface area contributed by atoms with Crippen molar-refractivity contribution in [2.45, 2.75) is 26.7 Å². The van der Waals surface area contributed by atoms with Gasteiger partial charge in [-0.2, -0.15) is 10.1 Å². The Hall–Kier alpha value is -3.77. The zero-order valence-electron chi connectivity index (χ0n) is 23.0. The largest absolute Gasteiger partial charge is 0.477 e. The van der Waals surface area contributed by atoms with E-state index >= 15 is 0 Å². The summed E-state index contributed by atoms with van der Waals surface area (Å²) in [6, 6.07) is 9.34. The molecule has 2 N–H and O–H groups in total. The molecule has 0 radical (unpaired) electrons. The van der Waals surface area contributed by atoms with Crippen LogP contribution in [0.1, 0.15) is 35.8 Å². The van der Waals surface area contributed by atoms with Gasteiger partial charge in [0.25, 0.3) is 5.91 Å². The number of hydrogen-bond acceptors (Lipinski definition) is 8. The summed E-state index contributed by atoms with van der Waals surface area (Å²) in [6.45, 7) is 6.23. The molecular weight excluding hydrogens is 530 g/mol. The van der Waals surface area contributed by atoms with E-state index in [0.717, 1.165) is 35.5 Å². The number of ether oxygens (including phenoxy) is 2. The van der Waals surface area contributed by atoms with Crippen LogP contribution >= 0.6 is 0 Å². The molecule has 2 bridgehead atoms. The van der Waals surface area contributed by atoms with Gasteiger partial charge in [0.1, 0.15) is 0 Å². The second kappa shape index (κ2) is 10.7. The molecule has 0 aliphatic carbocycles. The lowest BCUT2D eigenvalue weighted by atomic mass is 10.1. The topological polar surface area (TPSA) is 123 Å². The Labute approximate surface area is 234 Å². The van der Waals surface area contributed by atoms with Crippen molar-refractivity contribution in [3.05, 3.63) is 47.8 Å². The molecule has 12 heteroatoms. The molecule has 6 rings (SSSR count). The second-order valence-corrected chi connectivity index (χ2v) is 13.6. The number of nitrogens with one attached hydrogen (secondary N) is 2. The molecule has 1 unspecified atom stereocenters. The van der Waals surface area contributed by atoms with Crippen LogP contribution in [0.15, 0.2) is 41.5 Å². The van der Waals surface area contributed by atoms with Crippen molar-refractivity contribution in [1.29, 1.82) is 0 Å². The summed E-state index contributed by atoms with van der Waals surface area (Å²) < 4.78 is 29.9. The Morgan fingerprint density at radius 2 is 1.98 bits per heavy atom. The third-order valence-electron chi connectivity index (χ3n) is 7.46. The third kappa shape index (κ3) is 5.33. The van der Waals surface area contributed by atoms with Crippen LogP contribution in [0.3, 0.4) is 0 Å². The molecule has 0 saturated carbocycles. The average molecular weight is 566 g/mol. The van der Waals surface area contributed by atoms with Gasteiger partial charge in [0, 0.05) is 42.0 Å². The normalized spacial score (nSPS) is 22.7. The number of fused-ring (bicyclic) bond motifs is 7. The fourth-order valence-corrected chi connectivity index (χ4v) is 7.26. The first-order valence-corrected chi connectivity index (χ1v) is 15.8. The smallest absolute Gasteiger partial charge is 0.280 e. The van der Waals surface area contributed by atoms with E-state index in [2.05, 4.69) is 36.9 Å². The van der Waals surface area contributed by atoms with Gasteiger partial charge >= 0.3 is 0 Å². The zero-order valence-corrected chi connectivity index (χ0v) is 23.9. The number of rotatable bonds is 2. The Balaban J connectivity index is 1.37. The molecule has 1 amide bonds. The highest BCUT2D eigenvalue weighted by molar-refractivity contribution is 8.04. The number of carbonyl (C=O) groups is 1. The van der Waals surface area contributed by atoms with E-state index in [1.165, 1.54) is 0 Å². The lowest BCUT2D eigenvalue weighted by molar-refractivity contribution is 0.100. The van der Waals surface area contributed by atoms with Crippen molar-refractivity contribution < 1.29 is 18.5 Å². The molecule has 3 aliphatic rings. The molecule has 3 aromatic rings. The van der Waals surface area contributed by atoms with Crippen LogP contribution in [0.2, 0.25) is 0 Å². The SMILES string of the molecule is Cc1cc2cc(n1)-c1cnn(C)c1OCCCC(C)CN1/C(=N/C2=O)Nc2ccc(N[SH]3(=O)CCOCC3)cc21. The summed E-state index contributed by atoms with van der Waals surface area (Å²) in [5.74, 6) is 2.05. The summed E-state index contributed by atoms with van der Waals surface area (Å²) in [7, 11) is -0.719. The molecule has 11 nitrogen and oxygen atoms in total. The van der Waals surface area contributed by atoms with Gasteiger partial charge < -0.3 is 24.4 Å². The molecule has 212 valence electrons. The number of anilines is 3. The summed E-state index contributed by atoms with van der Waals surface area (Å²) >= 11 is 0. The number of pyridine rings is 1. The molecular formula is C28H35N7O4S. The van der Waals surface area contributed by atoms with Crippen molar-refractivity contribution in [2.75, 3.05) is 52.8 Å². The van der Waals surface area contributed by atoms with Crippen molar-refractivity contribution >= 4 is 39.0 Å². The van der Waals surface area contributed by atoms with Gasteiger partial charge in [-0.05, 0) is 66.1 Å². The van der Waals surface area contributed by atoms with Gasteiger partial charge in [-0.25, -0.2) is 4.68 Å². The molecule has 3 aliphatic heterocycles. The molecule has 40 heavy (non-hydrogen) atoms. The molecule has 5 heterocycles. The predicted octanol–water partition coefficient (Wildman–Crippen LogP) is 3.40. The molecule has 1 atom stereocenters. The van der Waals surface area contributed by atoms with Crippen LogP contribution in [0.25, 0.3) is 11.3 Å². The summed E-state index contributed by atoms with van der Waals surface area (Å²) in [5.41, 5.74) is 5.04. The van der Waals surface area contributed by atoms with E-state index in [1.54, 1.807) is 23.0 Å². The van der Waals surface area contributed by atoms with Crippen LogP contribution in [-0.2, 0) is 21.9 Å². The van der Waals surface area contributed by atoms with E-state index in [4.69, 9.17) is 9.47 Å². The van der Waals surface area contributed by atoms with Gasteiger partial charge in [0.2, 0.25) is 11.8 Å². The highest BCUT2D eigenvalue weighted by Gasteiger charge is 2.29. The quantitative estimate of drug-likeness (QED) is 0.404. The van der Waals surface area contributed by atoms with Gasteiger partial charge in [-0.3, -0.25) is 14.0 Å². The van der Waals surface area contributed by atoms with Crippen LogP contribution in [0.5, 0.6) is 5.88 Å². The van der Waals surface area contributed by atoms with Gasteiger partial charge in [-0.1, -0.05) is 6.92 Å². The van der Waals surface area contributed by atoms with Gasteiger partial charge in [0.05, 0.1) is 48.6 Å². The first-order valence-electron chi connectivity index (χ1n) is 13.7. The lowest BCUT2D eigenvalue weighted by Gasteiger charge is -2.30. The van der Waals surface area contributed by atoms with Crippen molar-refractivity contribution in [1.82, 2.24) is 14.8 Å². The van der Waals surface area contributed by atoms with E-state index in [-0.39, 0.29) is 11.8 Å². The van der Waals surface area contributed by atoms with Crippen molar-refractivity contribution in [3.63, 3.8) is 0 Å². The maximum atomic E-state index is 13.5. The molecule has 1 aromatic carbocycles. The maximum Gasteiger partial charge on any atom is 0.280 e. The lowest BCUT2D eigenvalue weighted by Crippen LogP contribution is -2.38. The van der Waals surface area contributed by atoms with Crippen LogP contribution in [-0.4, -0.2) is 68.7 Å². The second-order valence-electron chi connectivity index (χ2n) is 10.7. The van der Waals surface area contributed by atoms with Crippen LogP contribution in [0.4, 0.5) is 17.1 Å². The standard InChI is InChI=1S/C28H35N7O4S/c1-18-5-4-8-39-27-22(16-29-34(27)3)24-14-20(13-19(2)30-24)26(36)32-28-31-23-7-6-21(15-25(23)35(28)17-18)33-40(37)11-9-38-10-12-40/h6-7,13-16,18,40H,4-5,8-12,17H2,1-3H3,(H,33,37)(H,31,32,36). The minimum absolute atomic E-state index is 0.281. The predicted molar refractivity (Wildman–Crippen MR) is 158 cm³/mol. The summed E-state index contributed by atoms with van der Waals surface area (Å²) in [6.07, 6.45) is 3.48. The number of amides is 1. The van der Waals surface area contributed by atoms with E-state index in [0.29, 0.717) is 66.7 Å². The number of thiol groups is 1. The number of carbonyl (C=O) groups excluding carboxylic acids is 1. The Kier molecular flexibility index (Phi) is 7.05.